The smallest absolute Gasteiger partial charge is 0.239 e. The molecule has 138 valence electrons. The van der Waals surface area contributed by atoms with Crippen LogP contribution in [0.5, 0.6) is 5.88 Å². The van der Waals surface area contributed by atoms with E-state index in [0.29, 0.717) is 11.8 Å². The zero-order valence-electron chi connectivity index (χ0n) is 15.4. The van der Waals surface area contributed by atoms with E-state index in [2.05, 4.69) is 26.8 Å². The average molecular weight is 347 g/mol. The van der Waals surface area contributed by atoms with Crippen LogP contribution in [0, 0.1) is 0 Å². The van der Waals surface area contributed by atoms with Crippen LogP contribution in [0.4, 0.5) is 5.95 Å². The van der Waals surface area contributed by atoms with Crippen LogP contribution < -0.4 is 9.64 Å². The number of amides is 1. The molecule has 3 rings (SSSR count). The fraction of sp³-hybridized carbons (Fsp3) is 0.722. The maximum Gasteiger partial charge on any atom is 0.239 e. The van der Waals surface area contributed by atoms with Crippen molar-refractivity contribution in [3.8, 4) is 5.88 Å². The number of methoxy groups -OCH3 is 1. The third-order valence-electron chi connectivity index (χ3n) is 5.22. The van der Waals surface area contributed by atoms with E-state index in [9.17, 15) is 4.79 Å². The molecule has 1 amide bonds. The molecule has 0 saturated carbocycles. The number of anilines is 1. The van der Waals surface area contributed by atoms with Gasteiger partial charge in [-0.1, -0.05) is 12.8 Å². The van der Waals surface area contributed by atoms with Gasteiger partial charge in [0.1, 0.15) is 0 Å². The van der Waals surface area contributed by atoms with Gasteiger partial charge in [0.05, 0.1) is 13.2 Å². The molecule has 2 aliphatic heterocycles. The number of carbonyl (C=O) groups is 1. The second-order valence-corrected chi connectivity index (χ2v) is 6.91. The Morgan fingerprint density at radius 2 is 2.00 bits per heavy atom. The van der Waals surface area contributed by atoms with Crippen LogP contribution in [0.25, 0.3) is 0 Å². The number of ether oxygens (including phenoxy) is 1. The number of rotatable bonds is 3. The fourth-order valence-electron chi connectivity index (χ4n) is 3.71. The molecule has 7 heteroatoms. The second-order valence-electron chi connectivity index (χ2n) is 6.91. The molecular weight excluding hydrogens is 318 g/mol. The SMILES string of the molecule is COc1ccnc(N2CCCN(C(=O)C3CCCCCN3C)CC2)n1. The summed E-state index contributed by atoms with van der Waals surface area (Å²) in [5.74, 6) is 1.54. The van der Waals surface area contributed by atoms with Crippen molar-refractivity contribution in [1.29, 1.82) is 0 Å². The lowest BCUT2D eigenvalue weighted by Crippen LogP contribution is -2.48. The second kappa shape index (κ2) is 8.47. The Morgan fingerprint density at radius 1 is 1.12 bits per heavy atom. The molecule has 0 aromatic carbocycles. The van der Waals surface area contributed by atoms with Gasteiger partial charge in [-0.3, -0.25) is 9.69 Å². The van der Waals surface area contributed by atoms with Crippen LogP contribution in [0.1, 0.15) is 32.1 Å². The molecule has 25 heavy (non-hydrogen) atoms. The summed E-state index contributed by atoms with van der Waals surface area (Å²) in [6.45, 7) is 4.17. The lowest BCUT2D eigenvalue weighted by molar-refractivity contribution is -0.136. The normalized spacial score (nSPS) is 23.0. The lowest BCUT2D eigenvalue weighted by Gasteiger charge is -2.30. The van der Waals surface area contributed by atoms with E-state index in [4.69, 9.17) is 4.74 Å². The first kappa shape index (κ1) is 17.9. The molecule has 0 bridgehead atoms. The molecule has 7 nitrogen and oxygen atoms in total. The summed E-state index contributed by atoms with van der Waals surface area (Å²) >= 11 is 0. The van der Waals surface area contributed by atoms with Crippen LogP contribution in [0.3, 0.4) is 0 Å². The number of hydrogen-bond acceptors (Lipinski definition) is 6. The number of nitrogens with zero attached hydrogens (tertiary/aromatic N) is 5. The van der Waals surface area contributed by atoms with E-state index in [-0.39, 0.29) is 11.9 Å². The van der Waals surface area contributed by atoms with Crippen molar-refractivity contribution in [2.45, 2.75) is 38.1 Å². The first-order valence-electron chi connectivity index (χ1n) is 9.30. The van der Waals surface area contributed by atoms with Gasteiger partial charge in [0.15, 0.2) is 0 Å². The Labute approximate surface area is 150 Å². The predicted molar refractivity (Wildman–Crippen MR) is 96.9 cm³/mol. The van der Waals surface area contributed by atoms with Gasteiger partial charge in [-0.25, -0.2) is 4.98 Å². The zero-order valence-corrected chi connectivity index (χ0v) is 15.4. The summed E-state index contributed by atoms with van der Waals surface area (Å²) in [6.07, 6.45) is 7.21. The van der Waals surface area contributed by atoms with E-state index < -0.39 is 0 Å². The molecule has 2 saturated heterocycles. The minimum absolute atomic E-state index is 0.0436. The van der Waals surface area contributed by atoms with Gasteiger partial charge in [0, 0.05) is 38.4 Å². The lowest BCUT2D eigenvalue weighted by atomic mass is 10.1. The van der Waals surface area contributed by atoms with E-state index in [0.717, 1.165) is 52.0 Å². The van der Waals surface area contributed by atoms with Crippen molar-refractivity contribution in [2.24, 2.45) is 0 Å². The fourth-order valence-corrected chi connectivity index (χ4v) is 3.71. The van der Waals surface area contributed by atoms with Gasteiger partial charge in [0.25, 0.3) is 0 Å². The predicted octanol–water partition coefficient (Wildman–Crippen LogP) is 1.40. The number of likely N-dealkylation sites (tertiary alicyclic amines) is 1. The van der Waals surface area contributed by atoms with Gasteiger partial charge in [-0.05, 0) is 32.9 Å². The van der Waals surface area contributed by atoms with Crippen LogP contribution in [0.15, 0.2) is 12.3 Å². The zero-order chi connectivity index (χ0) is 17.6. The van der Waals surface area contributed by atoms with E-state index in [1.165, 1.54) is 12.8 Å². The van der Waals surface area contributed by atoms with Crippen molar-refractivity contribution < 1.29 is 9.53 Å². The molecular formula is C18H29N5O2. The summed E-state index contributed by atoms with van der Waals surface area (Å²) in [6, 6.07) is 1.79. The highest BCUT2D eigenvalue weighted by atomic mass is 16.5. The van der Waals surface area contributed by atoms with Gasteiger partial charge >= 0.3 is 0 Å². The quantitative estimate of drug-likeness (QED) is 0.824. The van der Waals surface area contributed by atoms with E-state index >= 15 is 0 Å². The third kappa shape index (κ3) is 4.39. The van der Waals surface area contributed by atoms with Crippen molar-refractivity contribution in [3.63, 3.8) is 0 Å². The van der Waals surface area contributed by atoms with Crippen LogP contribution in [-0.4, -0.2) is 78.6 Å². The van der Waals surface area contributed by atoms with Crippen LogP contribution in [0.2, 0.25) is 0 Å². The highest BCUT2D eigenvalue weighted by Crippen LogP contribution is 2.19. The Kier molecular flexibility index (Phi) is 6.07. The Morgan fingerprint density at radius 3 is 2.84 bits per heavy atom. The monoisotopic (exact) mass is 347 g/mol. The molecule has 1 aromatic rings. The summed E-state index contributed by atoms with van der Waals surface area (Å²) in [5, 5.41) is 0. The van der Waals surface area contributed by atoms with Gasteiger partial charge in [0.2, 0.25) is 17.7 Å². The largest absolute Gasteiger partial charge is 0.481 e. The average Bonchev–Trinajstić information content (AvgIpc) is 3.01. The molecule has 0 aliphatic carbocycles. The number of aromatic nitrogens is 2. The summed E-state index contributed by atoms with van der Waals surface area (Å²) in [4.78, 5) is 28.2. The molecule has 1 aromatic heterocycles. The molecule has 2 aliphatic rings. The van der Waals surface area contributed by atoms with Crippen LogP contribution in [-0.2, 0) is 4.79 Å². The molecule has 0 spiro atoms. The summed E-state index contributed by atoms with van der Waals surface area (Å²) in [7, 11) is 3.69. The highest BCUT2D eigenvalue weighted by Gasteiger charge is 2.30. The summed E-state index contributed by atoms with van der Waals surface area (Å²) < 4.78 is 5.19. The Balaban J connectivity index is 1.63. The maximum absolute atomic E-state index is 13.0. The number of hydrogen-bond donors (Lipinski definition) is 0. The first-order chi connectivity index (χ1) is 12.2. The topological polar surface area (TPSA) is 61.8 Å². The first-order valence-corrected chi connectivity index (χ1v) is 9.30. The Hall–Kier alpha value is -1.89. The third-order valence-corrected chi connectivity index (χ3v) is 5.22. The maximum atomic E-state index is 13.0. The molecule has 3 heterocycles. The van der Waals surface area contributed by atoms with Gasteiger partial charge < -0.3 is 14.5 Å². The molecule has 2 fully saturated rings. The van der Waals surface area contributed by atoms with Crippen molar-refractivity contribution in [3.05, 3.63) is 12.3 Å². The minimum Gasteiger partial charge on any atom is -0.481 e. The molecule has 1 atom stereocenters. The van der Waals surface area contributed by atoms with Crippen molar-refractivity contribution in [2.75, 3.05) is 51.8 Å². The number of likely N-dealkylation sites (N-methyl/N-ethyl adjacent to an activating group) is 1. The van der Waals surface area contributed by atoms with Crippen molar-refractivity contribution in [1.82, 2.24) is 19.8 Å². The van der Waals surface area contributed by atoms with Gasteiger partial charge in [-0.15, -0.1) is 0 Å². The standard InChI is InChI=1S/C18H29N5O2/c1-21-10-5-3-4-7-15(21)17(24)22-11-6-12-23(14-13-22)18-19-9-8-16(20-18)25-2/h8-9,15H,3-7,10-14H2,1-2H3. The Bertz CT molecular complexity index is 582. The highest BCUT2D eigenvalue weighted by molar-refractivity contribution is 5.82. The van der Waals surface area contributed by atoms with Crippen LogP contribution >= 0.6 is 0 Å². The van der Waals surface area contributed by atoms with Crippen molar-refractivity contribution >= 4 is 11.9 Å². The molecule has 0 radical (unpaired) electrons. The summed E-state index contributed by atoms with van der Waals surface area (Å²) in [5.41, 5.74) is 0. The molecule has 0 N–H and O–H groups in total. The van der Waals surface area contributed by atoms with Gasteiger partial charge in [-0.2, -0.15) is 4.98 Å². The molecule has 1 unspecified atom stereocenters. The minimum atomic E-state index is 0.0436. The van der Waals surface area contributed by atoms with E-state index in [1.807, 2.05) is 4.90 Å². The number of carbonyl (C=O) groups excluding carboxylic acids is 1. The van der Waals surface area contributed by atoms with E-state index in [1.54, 1.807) is 19.4 Å².